The van der Waals surface area contributed by atoms with Gasteiger partial charge in [-0.1, -0.05) is 30.3 Å². The first-order valence-electron chi connectivity index (χ1n) is 10.2. The fourth-order valence-electron chi connectivity index (χ4n) is 3.70. The normalized spacial score (nSPS) is 12.1. The molecule has 0 unspecified atom stereocenters. The van der Waals surface area contributed by atoms with Gasteiger partial charge in [0.1, 0.15) is 0 Å². The highest BCUT2D eigenvalue weighted by molar-refractivity contribution is 7.89. The highest BCUT2D eigenvalue weighted by atomic mass is 32.2. The molecule has 2 N–H and O–H groups in total. The number of alkyl halides is 3. The SMILES string of the molecule is Cc1cc(-c2ccc(C(F)(F)F)c(C)c2)cc(-c2cccc(-c3cccc(S(N)(=O)=O)c3)n2)n1. The molecule has 0 aliphatic rings. The second kappa shape index (κ2) is 8.66. The van der Waals surface area contributed by atoms with Gasteiger partial charge in [-0.3, -0.25) is 4.98 Å². The molecule has 2 aromatic carbocycles. The van der Waals surface area contributed by atoms with Crippen molar-refractivity contribution in [2.24, 2.45) is 5.14 Å². The second-order valence-corrected chi connectivity index (χ2v) is 9.45. The molecule has 0 fully saturated rings. The van der Waals surface area contributed by atoms with Crippen LogP contribution >= 0.6 is 0 Å². The lowest BCUT2D eigenvalue weighted by atomic mass is 9.98. The van der Waals surface area contributed by atoms with Crippen LogP contribution in [0.15, 0.2) is 77.7 Å². The standard InChI is InChI=1S/C25H20F3N3O2S/c1-15-11-17(9-10-21(15)25(26,27)28)19-12-16(2)30-24(14-19)23-8-4-7-22(31-23)18-5-3-6-20(13-18)34(29,32)33/h3-14H,1-2H3,(H2,29,32,33). The molecule has 0 atom stereocenters. The number of rotatable bonds is 4. The number of primary sulfonamides is 1. The van der Waals surface area contributed by atoms with Crippen LogP contribution in [0.2, 0.25) is 0 Å². The Labute approximate surface area is 195 Å². The number of hydrogen-bond acceptors (Lipinski definition) is 4. The van der Waals surface area contributed by atoms with E-state index in [-0.39, 0.29) is 10.5 Å². The molecule has 5 nitrogen and oxygen atoms in total. The number of aromatic nitrogens is 2. The summed E-state index contributed by atoms with van der Waals surface area (Å²) in [5.41, 5.74) is 3.65. The summed E-state index contributed by atoms with van der Waals surface area (Å²) >= 11 is 0. The Morgan fingerprint density at radius 3 is 2.12 bits per heavy atom. The van der Waals surface area contributed by atoms with Gasteiger partial charge in [0.2, 0.25) is 10.0 Å². The number of halogens is 3. The largest absolute Gasteiger partial charge is 0.416 e. The number of aryl methyl sites for hydroxylation is 2. The van der Waals surface area contributed by atoms with Gasteiger partial charge in [0, 0.05) is 11.3 Å². The summed E-state index contributed by atoms with van der Waals surface area (Å²) in [7, 11) is -3.86. The average Bonchev–Trinajstić information content (AvgIpc) is 2.77. The smallest absolute Gasteiger partial charge is 0.251 e. The quantitative estimate of drug-likeness (QED) is 0.400. The van der Waals surface area contributed by atoms with Crippen molar-refractivity contribution >= 4 is 10.0 Å². The molecule has 0 spiro atoms. The summed E-state index contributed by atoms with van der Waals surface area (Å²) in [4.78, 5) is 9.15. The van der Waals surface area contributed by atoms with E-state index in [1.165, 1.54) is 31.2 Å². The molecular formula is C25H20F3N3O2S. The van der Waals surface area contributed by atoms with E-state index in [9.17, 15) is 21.6 Å². The molecule has 0 amide bonds. The lowest BCUT2D eigenvalue weighted by Crippen LogP contribution is -2.11. The Morgan fingerprint density at radius 2 is 1.44 bits per heavy atom. The molecule has 2 aromatic heterocycles. The lowest BCUT2D eigenvalue weighted by molar-refractivity contribution is -0.138. The van der Waals surface area contributed by atoms with E-state index in [0.29, 0.717) is 39.5 Å². The molecule has 0 saturated heterocycles. The Hall–Kier alpha value is -3.56. The van der Waals surface area contributed by atoms with Crippen LogP contribution in [0.1, 0.15) is 16.8 Å². The molecular weight excluding hydrogens is 463 g/mol. The van der Waals surface area contributed by atoms with E-state index in [4.69, 9.17) is 5.14 Å². The first-order valence-corrected chi connectivity index (χ1v) is 11.7. The highest BCUT2D eigenvalue weighted by Gasteiger charge is 2.32. The fourth-order valence-corrected chi connectivity index (χ4v) is 4.26. The van der Waals surface area contributed by atoms with Gasteiger partial charge in [0.15, 0.2) is 0 Å². The second-order valence-electron chi connectivity index (χ2n) is 7.89. The van der Waals surface area contributed by atoms with E-state index < -0.39 is 21.8 Å². The highest BCUT2D eigenvalue weighted by Crippen LogP contribution is 2.35. The summed E-state index contributed by atoms with van der Waals surface area (Å²) in [6.45, 7) is 3.23. The topological polar surface area (TPSA) is 85.9 Å². The Balaban J connectivity index is 1.76. The Bertz CT molecular complexity index is 1500. The van der Waals surface area contributed by atoms with Gasteiger partial charge in [-0.05, 0) is 73.0 Å². The minimum absolute atomic E-state index is 0.0224. The summed E-state index contributed by atoms with van der Waals surface area (Å²) in [6.07, 6.45) is -4.41. The van der Waals surface area contributed by atoms with Gasteiger partial charge < -0.3 is 0 Å². The van der Waals surface area contributed by atoms with Gasteiger partial charge in [-0.25, -0.2) is 18.5 Å². The van der Waals surface area contributed by atoms with Crippen molar-refractivity contribution in [1.82, 2.24) is 9.97 Å². The minimum atomic E-state index is -4.41. The molecule has 0 radical (unpaired) electrons. The van der Waals surface area contributed by atoms with Gasteiger partial charge >= 0.3 is 6.18 Å². The predicted molar refractivity (Wildman–Crippen MR) is 124 cm³/mol. The predicted octanol–water partition coefficient (Wildman–Crippen LogP) is 5.76. The maximum Gasteiger partial charge on any atom is 0.416 e. The molecule has 174 valence electrons. The van der Waals surface area contributed by atoms with E-state index in [0.717, 1.165) is 6.07 Å². The average molecular weight is 484 g/mol. The molecule has 2 heterocycles. The number of nitrogens with two attached hydrogens (primary N) is 1. The third kappa shape index (κ3) is 5.00. The summed E-state index contributed by atoms with van der Waals surface area (Å²) < 4.78 is 62.8. The van der Waals surface area contributed by atoms with Crippen LogP contribution in [0, 0.1) is 13.8 Å². The minimum Gasteiger partial charge on any atom is -0.251 e. The van der Waals surface area contributed by atoms with Crippen molar-refractivity contribution in [3.63, 3.8) is 0 Å². The van der Waals surface area contributed by atoms with Crippen molar-refractivity contribution in [3.8, 4) is 33.8 Å². The molecule has 4 aromatic rings. The van der Waals surface area contributed by atoms with Crippen molar-refractivity contribution in [2.75, 3.05) is 0 Å². The molecule has 9 heteroatoms. The van der Waals surface area contributed by atoms with Gasteiger partial charge in [-0.2, -0.15) is 13.2 Å². The number of sulfonamides is 1. The molecule has 34 heavy (non-hydrogen) atoms. The van der Waals surface area contributed by atoms with Crippen molar-refractivity contribution < 1.29 is 21.6 Å². The number of benzene rings is 2. The van der Waals surface area contributed by atoms with E-state index in [2.05, 4.69) is 9.97 Å². The van der Waals surface area contributed by atoms with Crippen LogP contribution in [-0.2, 0) is 16.2 Å². The third-order valence-electron chi connectivity index (χ3n) is 5.29. The van der Waals surface area contributed by atoms with E-state index in [1.807, 2.05) is 0 Å². The van der Waals surface area contributed by atoms with E-state index >= 15 is 0 Å². The summed E-state index contributed by atoms with van der Waals surface area (Å²) in [5.74, 6) is 0. The van der Waals surface area contributed by atoms with Crippen molar-refractivity contribution in [2.45, 2.75) is 24.9 Å². The van der Waals surface area contributed by atoms with E-state index in [1.54, 1.807) is 49.4 Å². The van der Waals surface area contributed by atoms with Crippen LogP contribution in [0.4, 0.5) is 13.2 Å². The Kier molecular flexibility index (Phi) is 6.01. The first-order chi connectivity index (χ1) is 15.9. The molecule has 4 rings (SSSR count). The molecule has 0 saturated carbocycles. The van der Waals surface area contributed by atoms with Gasteiger partial charge in [0.05, 0.1) is 27.5 Å². The number of hydrogen-bond donors (Lipinski definition) is 1. The van der Waals surface area contributed by atoms with Gasteiger partial charge in [-0.15, -0.1) is 0 Å². The lowest BCUT2D eigenvalue weighted by Gasteiger charge is -2.13. The Morgan fingerprint density at radius 1 is 0.735 bits per heavy atom. The zero-order chi connectivity index (χ0) is 24.7. The van der Waals surface area contributed by atoms with Crippen molar-refractivity contribution in [1.29, 1.82) is 0 Å². The zero-order valence-electron chi connectivity index (χ0n) is 18.3. The molecule has 0 aliphatic carbocycles. The van der Waals surface area contributed by atoms with Crippen LogP contribution in [0.3, 0.4) is 0 Å². The maximum absolute atomic E-state index is 13.1. The van der Waals surface area contributed by atoms with Crippen LogP contribution in [0.25, 0.3) is 33.8 Å². The van der Waals surface area contributed by atoms with Crippen LogP contribution in [-0.4, -0.2) is 18.4 Å². The van der Waals surface area contributed by atoms with Gasteiger partial charge in [0.25, 0.3) is 0 Å². The summed E-state index contributed by atoms with van der Waals surface area (Å²) in [6, 6.07) is 19.0. The zero-order valence-corrected chi connectivity index (χ0v) is 19.1. The summed E-state index contributed by atoms with van der Waals surface area (Å²) in [5, 5.41) is 5.24. The van der Waals surface area contributed by atoms with Crippen LogP contribution in [0.5, 0.6) is 0 Å². The van der Waals surface area contributed by atoms with Crippen molar-refractivity contribution in [3.05, 3.63) is 89.6 Å². The first kappa shape index (κ1) is 23.6. The molecule has 0 aliphatic heterocycles. The number of pyridine rings is 2. The molecule has 0 bridgehead atoms. The van der Waals surface area contributed by atoms with Crippen LogP contribution < -0.4 is 5.14 Å². The maximum atomic E-state index is 13.1. The fraction of sp³-hybridized carbons (Fsp3) is 0.120. The third-order valence-corrected chi connectivity index (χ3v) is 6.20. The monoisotopic (exact) mass is 483 g/mol. The number of nitrogens with zero attached hydrogens (tertiary/aromatic N) is 2.